The van der Waals surface area contributed by atoms with Crippen LogP contribution in [0.5, 0.6) is 11.5 Å². The molecule has 2 N–H and O–H groups in total. The Morgan fingerprint density at radius 3 is 2.34 bits per heavy atom. The lowest BCUT2D eigenvalue weighted by Crippen LogP contribution is -2.29. The first-order chi connectivity index (χ1) is 15.4. The van der Waals surface area contributed by atoms with E-state index in [1.54, 1.807) is 49.6 Å². The normalized spacial score (nSPS) is 11.7. The molecule has 0 radical (unpaired) electrons. The van der Waals surface area contributed by atoms with E-state index in [2.05, 4.69) is 29.4 Å². The fraction of sp³-hybridized carbons (Fsp3) is 0.417. The maximum Gasteiger partial charge on any atom is 0.226 e. The molecule has 2 rings (SSSR count). The molecule has 0 spiro atoms. The van der Waals surface area contributed by atoms with Crippen molar-refractivity contribution in [1.82, 2.24) is 10.2 Å². The largest absolute Gasteiger partial charge is 0.493 e. The molecule has 0 aliphatic heterocycles. The van der Waals surface area contributed by atoms with E-state index in [4.69, 9.17) is 21.1 Å². The number of nitrogens with zero attached hydrogens (tertiary/aromatic N) is 1. The second kappa shape index (κ2) is 12.9. The molecule has 0 bridgehead atoms. The highest BCUT2D eigenvalue weighted by Gasteiger charge is 2.18. The lowest BCUT2D eigenvalue weighted by atomic mass is 10.0. The molecule has 32 heavy (non-hydrogen) atoms. The van der Waals surface area contributed by atoms with E-state index >= 15 is 0 Å². The van der Waals surface area contributed by atoms with Gasteiger partial charge in [0.2, 0.25) is 11.8 Å². The highest BCUT2D eigenvalue weighted by Crippen LogP contribution is 2.30. The number of benzene rings is 2. The number of carbonyl (C=O) groups excluding carboxylic acids is 2. The summed E-state index contributed by atoms with van der Waals surface area (Å²) in [5.41, 5.74) is 1.39. The summed E-state index contributed by atoms with van der Waals surface area (Å²) in [4.78, 5) is 26.6. The summed E-state index contributed by atoms with van der Waals surface area (Å²) in [6, 6.07) is 11.8. The molecule has 1 atom stereocenters. The van der Waals surface area contributed by atoms with E-state index < -0.39 is 6.04 Å². The molecule has 2 aromatic carbocycles. The standard InChI is InChI=1S/C24H32ClN3O4/c1-5-28(6-2)13-14-32-23-15-20(11-12-22(23)31-4)27-24(30)16-21(26-17(3)29)18-7-9-19(25)10-8-18/h7-12,15,21H,5-6,13-14,16H2,1-4H3,(H,26,29)(H,27,30). The SMILES string of the molecule is CCN(CC)CCOc1cc(NC(=O)CC(NC(C)=O)c2ccc(Cl)cc2)ccc1OC. The third-order valence-electron chi connectivity index (χ3n) is 5.05. The molecule has 0 aromatic heterocycles. The molecular weight excluding hydrogens is 430 g/mol. The monoisotopic (exact) mass is 461 g/mol. The van der Waals surface area contributed by atoms with Crippen LogP contribution in [0.1, 0.15) is 38.8 Å². The Kier molecular flexibility index (Phi) is 10.3. The zero-order chi connectivity index (χ0) is 23.5. The van der Waals surface area contributed by atoms with Crippen molar-refractivity contribution in [2.24, 2.45) is 0 Å². The van der Waals surface area contributed by atoms with Crippen LogP contribution in [0.4, 0.5) is 5.69 Å². The lowest BCUT2D eigenvalue weighted by Gasteiger charge is -2.20. The molecule has 8 heteroatoms. The van der Waals surface area contributed by atoms with Crippen molar-refractivity contribution in [2.45, 2.75) is 33.2 Å². The average Bonchev–Trinajstić information content (AvgIpc) is 2.76. The summed E-state index contributed by atoms with van der Waals surface area (Å²) in [7, 11) is 1.58. The van der Waals surface area contributed by atoms with Crippen LogP contribution in [-0.2, 0) is 9.59 Å². The zero-order valence-electron chi connectivity index (χ0n) is 19.1. The lowest BCUT2D eigenvalue weighted by molar-refractivity contribution is -0.120. The van der Waals surface area contributed by atoms with E-state index in [1.807, 2.05) is 0 Å². The molecule has 0 saturated heterocycles. The molecule has 2 amide bonds. The van der Waals surface area contributed by atoms with Gasteiger partial charge in [0.15, 0.2) is 11.5 Å². The highest BCUT2D eigenvalue weighted by molar-refractivity contribution is 6.30. The fourth-order valence-electron chi connectivity index (χ4n) is 3.28. The van der Waals surface area contributed by atoms with Crippen LogP contribution in [0.3, 0.4) is 0 Å². The van der Waals surface area contributed by atoms with Crippen LogP contribution in [0.15, 0.2) is 42.5 Å². The molecule has 1 unspecified atom stereocenters. The van der Waals surface area contributed by atoms with E-state index in [1.165, 1.54) is 6.92 Å². The van der Waals surface area contributed by atoms with Gasteiger partial charge in [0.25, 0.3) is 0 Å². The van der Waals surface area contributed by atoms with E-state index in [0.29, 0.717) is 28.8 Å². The Labute approximate surface area is 195 Å². The summed E-state index contributed by atoms with van der Waals surface area (Å²) >= 11 is 5.95. The first-order valence-corrected chi connectivity index (χ1v) is 11.1. The Balaban J connectivity index is 2.06. The van der Waals surface area contributed by atoms with Crippen LogP contribution in [0, 0.1) is 0 Å². The minimum atomic E-state index is -0.465. The maximum absolute atomic E-state index is 12.7. The topological polar surface area (TPSA) is 79.9 Å². The minimum Gasteiger partial charge on any atom is -0.493 e. The van der Waals surface area contributed by atoms with Crippen LogP contribution in [0.2, 0.25) is 5.02 Å². The van der Waals surface area contributed by atoms with E-state index in [9.17, 15) is 9.59 Å². The summed E-state index contributed by atoms with van der Waals surface area (Å²) in [5, 5.41) is 6.29. The quantitative estimate of drug-likeness (QED) is 0.493. The minimum absolute atomic E-state index is 0.0748. The number of rotatable bonds is 12. The van der Waals surface area contributed by atoms with Gasteiger partial charge >= 0.3 is 0 Å². The number of hydrogen-bond acceptors (Lipinski definition) is 5. The predicted molar refractivity (Wildman–Crippen MR) is 128 cm³/mol. The van der Waals surface area contributed by atoms with Crippen molar-refractivity contribution in [3.8, 4) is 11.5 Å². The van der Waals surface area contributed by atoms with Gasteiger partial charge in [-0.15, -0.1) is 0 Å². The zero-order valence-corrected chi connectivity index (χ0v) is 19.9. The number of halogens is 1. The van der Waals surface area contributed by atoms with Gasteiger partial charge in [0.05, 0.1) is 19.6 Å². The van der Waals surface area contributed by atoms with E-state index in [0.717, 1.165) is 25.2 Å². The van der Waals surface area contributed by atoms with Crippen LogP contribution in [-0.4, -0.2) is 50.1 Å². The number of amides is 2. The van der Waals surface area contributed by atoms with Crippen molar-refractivity contribution in [2.75, 3.05) is 38.7 Å². The van der Waals surface area contributed by atoms with Crippen LogP contribution >= 0.6 is 11.6 Å². The molecule has 0 aliphatic carbocycles. The number of ether oxygens (including phenoxy) is 2. The summed E-state index contributed by atoms with van der Waals surface area (Å²) < 4.78 is 11.3. The van der Waals surface area contributed by atoms with Crippen molar-refractivity contribution in [1.29, 1.82) is 0 Å². The predicted octanol–water partition coefficient (Wildman–Crippen LogP) is 4.28. The molecule has 0 heterocycles. The molecule has 0 fully saturated rings. The molecule has 0 saturated carbocycles. The molecule has 0 aliphatic rings. The van der Waals surface area contributed by atoms with Gasteiger partial charge in [-0.25, -0.2) is 0 Å². The Morgan fingerprint density at radius 2 is 1.75 bits per heavy atom. The average molecular weight is 462 g/mol. The van der Waals surface area contributed by atoms with Crippen molar-refractivity contribution >= 4 is 29.1 Å². The first-order valence-electron chi connectivity index (χ1n) is 10.7. The fourth-order valence-corrected chi connectivity index (χ4v) is 3.41. The van der Waals surface area contributed by atoms with Gasteiger partial charge in [0, 0.05) is 30.2 Å². The number of anilines is 1. The molecule has 2 aromatic rings. The van der Waals surface area contributed by atoms with Gasteiger partial charge in [-0.2, -0.15) is 0 Å². The van der Waals surface area contributed by atoms with Crippen LogP contribution < -0.4 is 20.1 Å². The number of methoxy groups -OCH3 is 1. The second-order valence-corrected chi connectivity index (χ2v) is 7.73. The van der Waals surface area contributed by atoms with Crippen molar-refractivity contribution < 1.29 is 19.1 Å². The van der Waals surface area contributed by atoms with Gasteiger partial charge in [0.1, 0.15) is 6.61 Å². The third-order valence-corrected chi connectivity index (χ3v) is 5.30. The van der Waals surface area contributed by atoms with Gasteiger partial charge in [-0.3, -0.25) is 9.59 Å². The van der Waals surface area contributed by atoms with E-state index in [-0.39, 0.29) is 18.2 Å². The number of hydrogen-bond donors (Lipinski definition) is 2. The van der Waals surface area contributed by atoms with Crippen LogP contribution in [0.25, 0.3) is 0 Å². The second-order valence-electron chi connectivity index (χ2n) is 7.30. The smallest absolute Gasteiger partial charge is 0.226 e. The van der Waals surface area contributed by atoms with Gasteiger partial charge in [-0.05, 0) is 42.9 Å². The summed E-state index contributed by atoms with van der Waals surface area (Å²) in [6.07, 6.45) is 0.0748. The van der Waals surface area contributed by atoms with Crippen molar-refractivity contribution in [3.63, 3.8) is 0 Å². The molecule has 7 nitrogen and oxygen atoms in total. The third kappa shape index (κ3) is 8.05. The highest BCUT2D eigenvalue weighted by atomic mass is 35.5. The summed E-state index contributed by atoms with van der Waals surface area (Å²) in [6.45, 7) is 8.86. The molecular formula is C24H32ClN3O4. The van der Waals surface area contributed by atoms with Gasteiger partial charge in [-0.1, -0.05) is 37.6 Å². The number of nitrogens with one attached hydrogen (secondary N) is 2. The summed E-state index contributed by atoms with van der Waals surface area (Å²) in [5.74, 6) is 0.706. The molecule has 174 valence electrons. The van der Waals surface area contributed by atoms with Crippen molar-refractivity contribution in [3.05, 3.63) is 53.1 Å². The number of likely N-dealkylation sites (N-methyl/N-ethyl adjacent to an activating group) is 1. The Bertz CT molecular complexity index is 885. The number of carbonyl (C=O) groups is 2. The maximum atomic E-state index is 12.7. The Morgan fingerprint density at radius 1 is 1.06 bits per heavy atom. The first kappa shape index (κ1) is 25.5. The van der Waals surface area contributed by atoms with Gasteiger partial charge < -0.3 is 25.0 Å². The Hall–Kier alpha value is -2.77.